The van der Waals surface area contributed by atoms with E-state index in [0.717, 1.165) is 18.2 Å². The van der Waals surface area contributed by atoms with Gasteiger partial charge in [-0.15, -0.1) is 0 Å². The number of rotatable bonds is 3. The van der Waals surface area contributed by atoms with Gasteiger partial charge < -0.3 is 5.32 Å². The van der Waals surface area contributed by atoms with Crippen molar-refractivity contribution >= 4 is 29.5 Å². The van der Waals surface area contributed by atoms with Crippen molar-refractivity contribution in [3.63, 3.8) is 0 Å². The van der Waals surface area contributed by atoms with Crippen molar-refractivity contribution in [2.75, 3.05) is 12.8 Å². The molecule has 0 spiro atoms. The Morgan fingerprint density at radius 1 is 1.52 bits per heavy atom. The van der Waals surface area contributed by atoms with Gasteiger partial charge in [0, 0.05) is 12.3 Å². The third kappa shape index (κ3) is 3.84. The van der Waals surface area contributed by atoms with Gasteiger partial charge in [0.15, 0.2) is 0 Å². The van der Waals surface area contributed by atoms with Crippen LogP contribution in [0.1, 0.15) is 17.5 Å². The molecule has 0 aliphatic carbocycles. The number of carbonyl (C=O) groups is 1. The second kappa shape index (κ2) is 6.46. The van der Waals surface area contributed by atoms with Gasteiger partial charge in [0.25, 0.3) is 0 Å². The molecule has 1 atom stereocenters. The normalized spacial score (nSPS) is 19.8. The molecule has 1 saturated heterocycles. The molecule has 3 nitrogen and oxygen atoms in total. The topological polar surface area (TPSA) is 32.3 Å². The van der Waals surface area contributed by atoms with Crippen molar-refractivity contribution in [2.45, 2.75) is 25.2 Å². The molecule has 21 heavy (non-hydrogen) atoms. The summed E-state index contributed by atoms with van der Waals surface area (Å²) in [5.74, 6) is 0.662. The Hall–Kier alpha value is -0.920. The van der Waals surface area contributed by atoms with E-state index in [-0.39, 0.29) is 29.1 Å². The molecular weight excluding hydrogens is 325 g/mol. The van der Waals surface area contributed by atoms with Crippen LogP contribution in [-0.4, -0.2) is 29.1 Å². The second-order valence-electron chi connectivity index (χ2n) is 4.68. The minimum Gasteiger partial charge on any atom is -0.351 e. The summed E-state index contributed by atoms with van der Waals surface area (Å²) >= 11 is 7.34. The Labute approximate surface area is 130 Å². The summed E-state index contributed by atoms with van der Waals surface area (Å²) in [4.78, 5) is 12.0. The Balaban J connectivity index is 2.05. The Morgan fingerprint density at radius 2 is 2.24 bits per heavy atom. The second-order valence-corrected chi connectivity index (χ2v) is 6.30. The van der Waals surface area contributed by atoms with Crippen LogP contribution in [0.3, 0.4) is 0 Å². The molecule has 0 saturated carbocycles. The van der Waals surface area contributed by atoms with E-state index >= 15 is 0 Å². The van der Waals surface area contributed by atoms with Gasteiger partial charge in [0.05, 0.1) is 16.6 Å². The smallest absolute Gasteiger partial charge is 0.351 e. The van der Waals surface area contributed by atoms with Crippen LogP contribution in [0.5, 0.6) is 0 Å². The molecule has 1 fully saturated rings. The summed E-state index contributed by atoms with van der Waals surface area (Å²) in [5.41, 5.74) is -0.627. The Morgan fingerprint density at radius 3 is 2.81 bits per heavy atom. The fourth-order valence-corrected chi connectivity index (χ4v) is 3.41. The van der Waals surface area contributed by atoms with Crippen LogP contribution in [0.15, 0.2) is 18.2 Å². The monoisotopic (exact) mass is 338 g/mol. The first-order valence-electron chi connectivity index (χ1n) is 6.28. The zero-order valence-corrected chi connectivity index (χ0v) is 12.8. The molecule has 0 bridgehead atoms. The van der Waals surface area contributed by atoms with Crippen LogP contribution in [0, 0.1) is 0 Å². The number of hydrogen-bond acceptors (Lipinski definition) is 3. The van der Waals surface area contributed by atoms with Crippen molar-refractivity contribution in [1.29, 1.82) is 0 Å². The highest BCUT2D eigenvalue weighted by molar-refractivity contribution is 7.97. The number of carbonyl (C=O) groups excluding carboxylic acids is 1. The van der Waals surface area contributed by atoms with E-state index in [2.05, 4.69) is 5.32 Å². The molecule has 1 aliphatic rings. The molecule has 1 aliphatic heterocycles. The van der Waals surface area contributed by atoms with Crippen LogP contribution in [0.2, 0.25) is 5.02 Å². The SMILES string of the molecule is CN1SCCC1C(=O)NCc1cccc(C(F)(F)F)c1Cl. The zero-order chi connectivity index (χ0) is 15.6. The van der Waals surface area contributed by atoms with E-state index in [1.807, 2.05) is 11.4 Å². The van der Waals surface area contributed by atoms with Crippen LogP contribution in [-0.2, 0) is 17.5 Å². The molecule has 8 heteroatoms. The van der Waals surface area contributed by atoms with E-state index in [4.69, 9.17) is 11.6 Å². The predicted molar refractivity (Wildman–Crippen MR) is 76.9 cm³/mol. The fraction of sp³-hybridized carbons (Fsp3) is 0.462. The van der Waals surface area contributed by atoms with Crippen LogP contribution >= 0.6 is 23.5 Å². The number of amides is 1. The van der Waals surface area contributed by atoms with Gasteiger partial charge in [0.2, 0.25) is 5.91 Å². The summed E-state index contributed by atoms with van der Waals surface area (Å²) < 4.78 is 40.1. The number of nitrogens with zero attached hydrogens (tertiary/aromatic N) is 1. The third-order valence-corrected chi connectivity index (χ3v) is 4.79. The fourth-order valence-electron chi connectivity index (χ4n) is 2.11. The van der Waals surface area contributed by atoms with Gasteiger partial charge in [-0.25, -0.2) is 4.31 Å². The summed E-state index contributed by atoms with van der Waals surface area (Å²) in [6.07, 6.45) is -3.78. The first kappa shape index (κ1) is 16.5. The van der Waals surface area contributed by atoms with Crippen molar-refractivity contribution < 1.29 is 18.0 Å². The highest BCUT2D eigenvalue weighted by Gasteiger charge is 2.34. The molecule has 1 heterocycles. The first-order chi connectivity index (χ1) is 9.80. The Bertz CT molecular complexity index is 539. The van der Waals surface area contributed by atoms with Crippen LogP contribution < -0.4 is 5.32 Å². The molecule has 1 aromatic rings. The van der Waals surface area contributed by atoms with Gasteiger partial charge in [-0.3, -0.25) is 4.79 Å². The molecule has 0 aromatic heterocycles. The van der Waals surface area contributed by atoms with Gasteiger partial charge in [-0.1, -0.05) is 35.7 Å². The van der Waals surface area contributed by atoms with Crippen molar-refractivity contribution in [2.24, 2.45) is 0 Å². The van der Waals surface area contributed by atoms with E-state index in [0.29, 0.717) is 0 Å². The van der Waals surface area contributed by atoms with Gasteiger partial charge in [-0.2, -0.15) is 13.2 Å². The molecule has 1 aromatic carbocycles. The minimum absolute atomic E-state index is 0.0173. The van der Waals surface area contributed by atoms with Crippen LogP contribution in [0.25, 0.3) is 0 Å². The number of benzene rings is 1. The lowest BCUT2D eigenvalue weighted by Crippen LogP contribution is -2.39. The maximum atomic E-state index is 12.7. The quantitative estimate of drug-likeness (QED) is 0.858. The number of halogens is 4. The highest BCUT2D eigenvalue weighted by Crippen LogP contribution is 2.36. The molecule has 116 valence electrons. The zero-order valence-electron chi connectivity index (χ0n) is 11.2. The van der Waals surface area contributed by atoms with E-state index in [9.17, 15) is 18.0 Å². The van der Waals surface area contributed by atoms with Crippen LogP contribution in [0.4, 0.5) is 13.2 Å². The van der Waals surface area contributed by atoms with Gasteiger partial charge >= 0.3 is 6.18 Å². The van der Waals surface area contributed by atoms with Crippen molar-refractivity contribution in [1.82, 2.24) is 9.62 Å². The standard InChI is InChI=1S/C13H14ClF3N2OS/c1-19-10(5-6-21-19)12(20)18-7-8-3-2-4-9(11(8)14)13(15,16)17/h2-4,10H,5-7H2,1H3,(H,18,20). The van der Waals surface area contributed by atoms with E-state index in [1.165, 1.54) is 12.1 Å². The maximum Gasteiger partial charge on any atom is 0.417 e. The highest BCUT2D eigenvalue weighted by atomic mass is 35.5. The predicted octanol–water partition coefficient (Wildman–Crippen LogP) is 3.33. The summed E-state index contributed by atoms with van der Waals surface area (Å²) in [5, 5.41) is 2.28. The average Bonchev–Trinajstić information content (AvgIpc) is 2.82. The summed E-state index contributed by atoms with van der Waals surface area (Å²) in [6, 6.07) is 3.44. The average molecular weight is 339 g/mol. The van der Waals surface area contributed by atoms with E-state index < -0.39 is 11.7 Å². The van der Waals surface area contributed by atoms with Crippen molar-refractivity contribution in [3.05, 3.63) is 34.3 Å². The molecule has 1 N–H and O–H groups in total. The lowest BCUT2D eigenvalue weighted by atomic mass is 10.1. The van der Waals surface area contributed by atoms with Crippen molar-refractivity contribution in [3.8, 4) is 0 Å². The lowest BCUT2D eigenvalue weighted by Gasteiger charge is -2.18. The number of likely N-dealkylation sites (N-methyl/N-ethyl adjacent to an activating group) is 1. The molecule has 1 unspecified atom stereocenters. The first-order valence-corrected chi connectivity index (χ1v) is 7.61. The number of hydrogen-bond donors (Lipinski definition) is 1. The molecule has 2 rings (SSSR count). The molecule has 0 radical (unpaired) electrons. The summed E-state index contributed by atoms with van der Waals surface area (Å²) in [7, 11) is 1.82. The lowest BCUT2D eigenvalue weighted by molar-refractivity contribution is -0.137. The van der Waals surface area contributed by atoms with E-state index in [1.54, 1.807) is 11.9 Å². The molecular formula is C13H14ClF3N2OS. The Kier molecular flexibility index (Phi) is 5.06. The number of nitrogens with one attached hydrogen (secondary N) is 1. The largest absolute Gasteiger partial charge is 0.417 e. The van der Waals surface area contributed by atoms with Gasteiger partial charge in [0.1, 0.15) is 0 Å². The minimum atomic E-state index is -4.50. The third-order valence-electron chi connectivity index (χ3n) is 3.26. The van der Waals surface area contributed by atoms with Gasteiger partial charge in [-0.05, 0) is 25.1 Å². The maximum absolute atomic E-state index is 12.7. The summed E-state index contributed by atoms with van der Waals surface area (Å²) in [6.45, 7) is -0.0173. The molecule has 1 amide bonds. The number of alkyl halides is 3.